The fourth-order valence-corrected chi connectivity index (χ4v) is 1.86. The molecule has 1 aromatic carbocycles. The molecule has 0 saturated carbocycles. The quantitative estimate of drug-likeness (QED) is 0.761. The molecule has 2 rings (SSSR count). The van der Waals surface area contributed by atoms with Gasteiger partial charge in [-0.05, 0) is 17.7 Å². The van der Waals surface area contributed by atoms with Crippen molar-refractivity contribution in [1.29, 1.82) is 0 Å². The summed E-state index contributed by atoms with van der Waals surface area (Å²) >= 11 is 0. The fourth-order valence-electron chi connectivity index (χ4n) is 1.86. The van der Waals surface area contributed by atoms with Crippen LogP contribution in [0.4, 0.5) is 26.3 Å². The lowest BCUT2D eigenvalue weighted by Gasteiger charge is -2.25. The highest BCUT2D eigenvalue weighted by molar-refractivity contribution is 6.02. The molecular formula is C14H8F6O2. The number of ketones is 1. The first-order chi connectivity index (χ1) is 10.1. The molecule has 1 unspecified atom stereocenters. The topological polar surface area (TPSA) is 26.3 Å². The molecule has 0 radical (unpaired) electrons. The first-order valence-corrected chi connectivity index (χ1v) is 5.93. The standard InChI is InChI=1S/C14H8F6O2/c15-13(16,17)11(21)9-6-7-10(8-4-2-1-3-5-8)22-12(9)14(18,19)20/h1-7,10H. The van der Waals surface area contributed by atoms with Crippen LogP contribution in [0.3, 0.4) is 0 Å². The maximum Gasteiger partial charge on any atom is 0.455 e. The Kier molecular flexibility index (Phi) is 4.04. The first-order valence-electron chi connectivity index (χ1n) is 5.93. The van der Waals surface area contributed by atoms with Crippen LogP contribution in [0, 0.1) is 0 Å². The molecule has 1 aliphatic rings. The summed E-state index contributed by atoms with van der Waals surface area (Å²) in [6.07, 6.45) is -10.4. The number of halogens is 6. The molecule has 0 N–H and O–H groups in total. The van der Waals surface area contributed by atoms with Gasteiger partial charge < -0.3 is 4.74 Å². The van der Waals surface area contributed by atoms with E-state index in [1.165, 1.54) is 12.1 Å². The first kappa shape index (κ1) is 16.1. The second-order valence-corrected chi connectivity index (χ2v) is 4.38. The number of carbonyl (C=O) groups excluding carboxylic acids is 1. The normalized spacial score (nSPS) is 19.1. The summed E-state index contributed by atoms with van der Waals surface area (Å²) in [7, 11) is 0. The number of rotatable bonds is 2. The van der Waals surface area contributed by atoms with Crippen molar-refractivity contribution in [3.63, 3.8) is 0 Å². The van der Waals surface area contributed by atoms with Crippen LogP contribution in [0.15, 0.2) is 53.8 Å². The van der Waals surface area contributed by atoms with E-state index in [0.717, 1.165) is 6.08 Å². The summed E-state index contributed by atoms with van der Waals surface area (Å²) in [5, 5.41) is 0. The third-order valence-electron chi connectivity index (χ3n) is 2.81. The maximum atomic E-state index is 12.9. The molecule has 2 nitrogen and oxygen atoms in total. The second kappa shape index (κ2) is 5.51. The predicted octanol–water partition coefficient (Wildman–Crippen LogP) is 4.26. The number of hydrogen-bond acceptors (Lipinski definition) is 2. The number of alkyl halides is 6. The molecule has 1 heterocycles. The smallest absolute Gasteiger partial charge is 0.455 e. The number of carbonyl (C=O) groups is 1. The zero-order valence-corrected chi connectivity index (χ0v) is 10.7. The Morgan fingerprint density at radius 1 is 1.00 bits per heavy atom. The van der Waals surface area contributed by atoms with Gasteiger partial charge in [0.1, 0.15) is 6.10 Å². The molecule has 0 fully saturated rings. The summed E-state index contributed by atoms with van der Waals surface area (Å²) in [6, 6.07) is 7.62. The minimum atomic E-state index is -5.42. The van der Waals surface area contributed by atoms with Gasteiger partial charge in [0.2, 0.25) is 5.76 Å². The van der Waals surface area contributed by atoms with Crippen molar-refractivity contribution in [3.8, 4) is 0 Å². The molecule has 0 aromatic heterocycles. The van der Waals surface area contributed by atoms with Crippen molar-refractivity contribution in [3.05, 3.63) is 59.4 Å². The predicted molar refractivity (Wildman–Crippen MR) is 63.6 cm³/mol. The van der Waals surface area contributed by atoms with Crippen molar-refractivity contribution in [2.75, 3.05) is 0 Å². The van der Waals surface area contributed by atoms with Crippen molar-refractivity contribution >= 4 is 5.78 Å². The van der Waals surface area contributed by atoms with E-state index < -0.39 is 35.6 Å². The monoisotopic (exact) mass is 322 g/mol. The van der Waals surface area contributed by atoms with Crippen LogP contribution in [0.2, 0.25) is 0 Å². The van der Waals surface area contributed by atoms with E-state index in [9.17, 15) is 31.1 Å². The minimum Gasteiger partial charge on any atom is -0.476 e. The molecule has 0 amide bonds. The Bertz CT molecular complexity index is 625. The number of hydrogen-bond donors (Lipinski definition) is 0. The van der Waals surface area contributed by atoms with Gasteiger partial charge in [0.25, 0.3) is 5.78 Å². The highest BCUT2D eigenvalue weighted by Crippen LogP contribution is 2.39. The van der Waals surface area contributed by atoms with Gasteiger partial charge in [-0.3, -0.25) is 4.79 Å². The zero-order chi connectivity index (χ0) is 16.5. The molecule has 0 spiro atoms. The highest BCUT2D eigenvalue weighted by atomic mass is 19.4. The third kappa shape index (κ3) is 3.32. The van der Waals surface area contributed by atoms with Crippen molar-refractivity contribution in [2.24, 2.45) is 0 Å². The molecule has 0 aliphatic carbocycles. The Morgan fingerprint density at radius 2 is 1.59 bits per heavy atom. The lowest BCUT2D eigenvalue weighted by molar-refractivity contribution is -0.169. The van der Waals surface area contributed by atoms with E-state index in [1.807, 2.05) is 0 Å². The van der Waals surface area contributed by atoms with Crippen LogP contribution in [-0.4, -0.2) is 18.1 Å². The summed E-state index contributed by atoms with van der Waals surface area (Å²) < 4.78 is 80.4. The third-order valence-corrected chi connectivity index (χ3v) is 2.81. The van der Waals surface area contributed by atoms with Crippen molar-refractivity contribution in [2.45, 2.75) is 18.5 Å². The van der Waals surface area contributed by atoms with Gasteiger partial charge in [0, 0.05) is 0 Å². The van der Waals surface area contributed by atoms with Crippen LogP contribution in [0.25, 0.3) is 0 Å². The van der Waals surface area contributed by atoms with Crippen LogP contribution in [-0.2, 0) is 9.53 Å². The second-order valence-electron chi connectivity index (χ2n) is 4.38. The molecule has 1 aromatic rings. The van der Waals surface area contributed by atoms with Crippen LogP contribution in [0.1, 0.15) is 11.7 Å². The van der Waals surface area contributed by atoms with Gasteiger partial charge in [-0.1, -0.05) is 30.3 Å². The average molecular weight is 322 g/mol. The van der Waals surface area contributed by atoms with Gasteiger partial charge >= 0.3 is 12.4 Å². The van der Waals surface area contributed by atoms with Crippen LogP contribution < -0.4 is 0 Å². The molecule has 1 aliphatic heterocycles. The van der Waals surface area contributed by atoms with E-state index in [-0.39, 0.29) is 0 Å². The van der Waals surface area contributed by atoms with Gasteiger partial charge in [0.15, 0.2) is 0 Å². The van der Waals surface area contributed by atoms with Gasteiger partial charge in [-0.15, -0.1) is 0 Å². The SMILES string of the molecule is O=C(C1=C(C(F)(F)F)OC(c2ccccc2)C=C1)C(F)(F)F. The van der Waals surface area contributed by atoms with E-state index in [1.54, 1.807) is 18.2 Å². The van der Waals surface area contributed by atoms with Gasteiger partial charge in [0.05, 0.1) is 5.57 Å². The van der Waals surface area contributed by atoms with E-state index >= 15 is 0 Å². The maximum absolute atomic E-state index is 12.9. The molecule has 0 saturated heterocycles. The number of ether oxygens (including phenoxy) is 1. The molecule has 8 heteroatoms. The summed E-state index contributed by atoms with van der Waals surface area (Å²) in [5.74, 6) is -4.53. The Morgan fingerprint density at radius 3 is 2.09 bits per heavy atom. The van der Waals surface area contributed by atoms with Gasteiger partial charge in [-0.2, -0.15) is 26.3 Å². The Labute approximate surface area is 120 Å². The molecule has 22 heavy (non-hydrogen) atoms. The number of benzene rings is 1. The highest BCUT2D eigenvalue weighted by Gasteiger charge is 2.48. The lowest BCUT2D eigenvalue weighted by Crippen LogP contribution is -2.30. The summed E-state index contributed by atoms with van der Waals surface area (Å²) in [5.41, 5.74) is -1.23. The number of allylic oxidation sites excluding steroid dienone is 3. The zero-order valence-electron chi connectivity index (χ0n) is 10.7. The molecule has 118 valence electrons. The van der Waals surface area contributed by atoms with E-state index in [0.29, 0.717) is 11.6 Å². The van der Waals surface area contributed by atoms with E-state index in [2.05, 4.69) is 4.74 Å². The fraction of sp³-hybridized carbons (Fsp3) is 0.214. The molecule has 1 atom stereocenters. The minimum absolute atomic E-state index is 0.319. The largest absolute Gasteiger partial charge is 0.476 e. The molecule has 0 bridgehead atoms. The van der Waals surface area contributed by atoms with Crippen LogP contribution >= 0.6 is 0 Å². The average Bonchev–Trinajstić information content (AvgIpc) is 2.45. The van der Waals surface area contributed by atoms with Crippen molar-refractivity contribution in [1.82, 2.24) is 0 Å². The summed E-state index contributed by atoms with van der Waals surface area (Å²) in [4.78, 5) is 11.1. The van der Waals surface area contributed by atoms with E-state index in [4.69, 9.17) is 0 Å². The van der Waals surface area contributed by atoms with Crippen molar-refractivity contribution < 1.29 is 35.9 Å². The van der Waals surface area contributed by atoms with Gasteiger partial charge in [-0.25, -0.2) is 0 Å². The Balaban J connectivity index is 2.42. The lowest BCUT2D eigenvalue weighted by atomic mass is 10.0. The van der Waals surface area contributed by atoms with Crippen LogP contribution in [0.5, 0.6) is 0 Å². The Hall–Kier alpha value is -2.25. The summed E-state index contributed by atoms with van der Waals surface area (Å²) in [6.45, 7) is 0. The number of Topliss-reactive ketones (excluding diaryl/α,β-unsaturated/α-hetero) is 1. The molecular weight excluding hydrogens is 314 g/mol.